The molecular formula is C16H22N4O3. The number of carbonyl (C=O) groups is 2. The zero-order chi connectivity index (χ0) is 16.6. The molecule has 7 nitrogen and oxygen atoms in total. The van der Waals surface area contributed by atoms with Crippen LogP contribution in [0.15, 0.2) is 18.2 Å². The number of urea groups is 1. The Morgan fingerprint density at radius 3 is 2.57 bits per heavy atom. The molecule has 3 rings (SSSR count). The molecule has 7 heteroatoms. The smallest absolute Gasteiger partial charge is 0.316 e. The van der Waals surface area contributed by atoms with E-state index in [0.717, 1.165) is 19.3 Å². The Kier molecular flexibility index (Phi) is 4.12. The van der Waals surface area contributed by atoms with Crippen LogP contribution in [-0.2, 0) is 4.79 Å². The summed E-state index contributed by atoms with van der Waals surface area (Å²) in [5, 5.41) is 5.38. The maximum Gasteiger partial charge on any atom is 0.316 e. The van der Waals surface area contributed by atoms with Gasteiger partial charge in [-0.3, -0.25) is 4.79 Å². The molecule has 1 aromatic rings. The van der Waals surface area contributed by atoms with Crippen molar-refractivity contribution in [2.45, 2.75) is 25.3 Å². The summed E-state index contributed by atoms with van der Waals surface area (Å²) in [5.74, 6) is 1.14. The molecular weight excluding hydrogens is 296 g/mol. The number of carbonyl (C=O) groups excluding carboxylic acids is 2. The summed E-state index contributed by atoms with van der Waals surface area (Å²) in [4.78, 5) is 23.5. The number of ether oxygens (including phenoxy) is 1. The fourth-order valence-corrected chi connectivity index (χ4v) is 3.96. The van der Waals surface area contributed by atoms with Crippen molar-refractivity contribution in [1.29, 1.82) is 0 Å². The third-order valence-electron chi connectivity index (χ3n) is 5.01. The number of rotatable bonds is 4. The lowest BCUT2D eigenvalue weighted by atomic mass is 9.84. The van der Waals surface area contributed by atoms with E-state index in [2.05, 4.69) is 10.6 Å². The Morgan fingerprint density at radius 1 is 1.22 bits per heavy atom. The van der Waals surface area contributed by atoms with Gasteiger partial charge in [0.25, 0.3) is 0 Å². The van der Waals surface area contributed by atoms with Gasteiger partial charge in [-0.2, -0.15) is 0 Å². The van der Waals surface area contributed by atoms with Gasteiger partial charge < -0.3 is 26.8 Å². The van der Waals surface area contributed by atoms with Gasteiger partial charge in [0.1, 0.15) is 5.75 Å². The molecule has 0 radical (unpaired) electrons. The number of amides is 3. The van der Waals surface area contributed by atoms with Gasteiger partial charge in [0.15, 0.2) is 0 Å². The van der Waals surface area contributed by atoms with E-state index in [1.54, 1.807) is 18.2 Å². The van der Waals surface area contributed by atoms with Crippen molar-refractivity contribution in [3.63, 3.8) is 0 Å². The summed E-state index contributed by atoms with van der Waals surface area (Å²) < 4.78 is 5.22. The van der Waals surface area contributed by atoms with Gasteiger partial charge in [-0.1, -0.05) is 0 Å². The number of anilines is 2. The van der Waals surface area contributed by atoms with Crippen molar-refractivity contribution in [3.05, 3.63) is 18.2 Å². The van der Waals surface area contributed by atoms with Crippen LogP contribution >= 0.6 is 0 Å². The molecule has 2 aliphatic carbocycles. The molecule has 2 bridgehead atoms. The van der Waals surface area contributed by atoms with E-state index < -0.39 is 6.03 Å². The summed E-state index contributed by atoms with van der Waals surface area (Å²) in [5.41, 5.74) is 12.4. The Bertz CT molecular complexity index is 632. The first-order chi connectivity index (χ1) is 11.0. The molecule has 124 valence electrons. The highest BCUT2D eigenvalue weighted by Gasteiger charge is 2.49. The average Bonchev–Trinajstić information content (AvgIpc) is 3.09. The Labute approximate surface area is 134 Å². The van der Waals surface area contributed by atoms with Crippen LogP contribution in [0.5, 0.6) is 5.75 Å². The van der Waals surface area contributed by atoms with Crippen LogP contribution < -0.4 is 26.8 Å². The van der Waals surface area contributed by atoms with Gasteiger partial charge in [-0.25, -0.2) is 4.79 Å². The molecule has 23 heavy (non-hydrogen) atoms. The number of methoxy groups -OCH3 is 1. The third kappa shape index (κ3) is 2.96. The third-order valence-corrected chi connectivity index (χ3v) is 5.01. The van der Waals surface area contributed by atoms with Crippen LogP contribution in [0, 0.1) is 17.8 Å². The molecule has 0 saturated heterocycles. The van der Waals surface area contributed by atoms with E-state index in [-0.39, 0.29) is 17.9 Å². The first kappa shape index (κ1) is 15.6. The van der Waals surface area contributed by atoms with Crippen molar-refractivity contribution in [2.75, 3.05) is 17.7 Å². The highest BCUT2D eigenvalue weighted by Crippen LogP contribution is 2.48. The minimum Gasteiger partial charge on any atom is -0.494 e. The summed E-state index contributed by atoms with van der Waals surface area (Å²) in [6.45, 7) is 0. The predicted octanol–water partition coefficient (Wildman–Crippen LogP) is 1.50. The number of hydrogen-bond donors (Lipinski definition) is 4. The molecule has 1 aromatic carbocycles. The van der Waals surface area contributed by atoms with Gasteiger partial charge in [0.2, 0.25) is 5.91 Å². The van der Waals surface area contributed by atoms with Gasteiger partial charge in [0, 0.05) is 17.8 Å². The molecule has 0 heterocycles. The lowest BCUT2D eigenvalue weighted by molar-refractivity contribution is -0.121. The molecule has 2 fully saturated rings. The topological polar surface area (TPSA) is 119 Å². The monoisotopic (exact) mass is 318 g/mol. The van der Waals surface area contributed by atoms with E-state index >= 15 is 0 Å². The van der Waals surface area contributed by atoms with E-state index in [1.165, 1.54) is 7.11 Å². The van der Waals surface area contributed by atoms with Crippen LogP contribution in [0.2, 0.25) is 0 Å². The highest BCUT2D eigenvalue weighted by molar-refractivity contribution is 5.95. The maximum absolute atomic E-state index is 12.6. The fourth-order valence-electron chi connectivity index (χ4n) is 3.96. The SMILES string of the molecule is COc1cc(NC(=O)C2C3CCC(C3)C2N)ccc1NC(N)=O. The summed E-state index contributed by atoms with van der Waals surface area (Å²) in [6.07, 6.45) is 3.28. The number of fused-ring (bicyclic) bond motifs is 2. The Balaban J connectivity index is 1.72. The van der Waals surface area contributed by atoms with E-state index in [0.29, 0.717) is 29.0 Å². The number of hydrogen-bond acceptors (Lipinski definition) is 4. The van der Waals surface area contributed by atoms with Crippen LogP contribution in [0.1, 0.15) is 19.3 Å². The van der Waals surface area contributed by atoms with E-state index in [9.17, 15) is 9.59 Å². The number of benzene rings is 1. The van der Waals surface area contributed by atoms with Crippen molar-refractivity contribution in [1.82, 2.24) is 0 Å². The van der Waals surface area contributed by atoms with Crippen LogP contribution in [0.3, 0.4) is 0 Å². The average molecular weight is 318 g/mol. The summed E-state index contributed by atoms with van der Waals surface area (Å²) in [6, 6.07) is 4.27. The molecule has 0 aromatic heterocycles. The molecule has 4 unspecified atom stereocenters. The van der Waals surface area contributed by atoms with Gasteiger partial charge >= 0.3 is 6.03 Å². The van der Waals surface area contributed by atoms with Gasteiger partial charge in [-0.05, 0) is 43.2 Å². The first-order valence-electron chi connectivity index (χ1n) is 7.80. The predicted molar refractivity (Wildman–Crippen MR) is 87.1 cm³/mol. The molecule has 6 N–H and O–H groups in total. The molecule has 0 aliphatic heterocycles. The minimum absolute atomic E-state index is 0.0395. The normalized spacial score (nSPS) is 28.4. The highest BCUT2D eigenvalue weighted by atomic mass is 16.5. The van der Waals surface area contributed by atoms with Crippen molar-refractivity contribution >= 4 is 23.3 Å². The second kappa shape index (κ2) is 6.08. The number of nitrogens with two attached hydrogens (primary N) is 2. The Hall–Kier alpha value is -2.28. The van der Waals surface area contributed by atoms with E-state index in [4.69, 9.17) is 16.2 Å². The van der Waals surface area contributed by atoms with Gasteiger partial charge in [0.05, 0.1) is 18.7 Å². The van der Waals surface area contributed by atoms with Crippen LogP contribution in [0.25, 0.3) is 0 Å². The molecule has 4 atom stereocenters. The lowest BCUT2D eigenvalue weighted by Gasteiger charge is -2.27. The first-order valence-corrected chi connectivity index (χ1v) is 7.80. The van der Waals surface area contributed by atoms with Crippen LogP contribution in [0.4, 0.5) is 16.2 Å². The van der Waals surface area contributed by atoms with E-state index in [1.807, 2.05) is 0 Å². The van der Waals surface area contributed by atoms with Gasteiger partial charge in [-0.15, -0.1) is 0 Å². The zero-order valence-electron chi connectivity index (χ0n) is 13.0. The standard InChI is InChI=1S/C16H22N4O3/c1-23-12-7-10(4-5-11(12)20-16(18)22)19-15(21)13-8-2-3-9(6-8)14(13)17/h4-5,7-9,13-14H,2-3,6,17H2,1H3,(H,19,21)(H3,18,20,22). The summed E-state index contributed by atoms with van der Waals surface area (Å²) >= 11 is 0. The Morgan fingerprint density at radius 2 is 1.96 bits per heavy atom. The molecule has 2 saturated carbocycles. The van der Waals surface area contributed by atoms with Crippen LogP contribution in [-0.4, -0.2) is 25.1 Å². The molecule has 3 amide bonds. The molecule has 2 aliphatic rings. The fraction of sp³-hybridized carbons (Fsp3) is 0.500. The minimum atomic E-state index is -0.673. The number of nitrogens with one attached hydrogen (secondary N) is 2. The van der Waals surface area contributed by atoms with Crippen molar-refractivity contribution in [3.8, 4) is 5.75 Å². The number of primary amides is 1. The summed E-state index contributed by atoms with van der Waals surface area (Å²) in [7, 11) is 1.49. The lowest BCUT2D eigenvalue weighted by Crippen LogP contribution is -2.42. The second-order valence-corrected chi connectivity index (χ2v) is 6.33. The van der Waals surface area contributed by atoms with Crippen molar-refractivity contribution < 1.29 is 14.3 Å². The van der Waals surface area contributed by atoms with Crippen molar-refractivity contribution in [2.24, 2.45) is 29.2 Å². The maximum atomic E-state index is 12.6. The largest absolute Gasteiger partial charge is 0.494 e. The second-order valence-electron chi connectivity index (χ2n) is 6.33. The quantitative estimate of drug-likeness (QED) is 0.672. The zero-order valence-corrected chi connectivity index (χ0v) is 13.0. The molecule has 0 spiro atoms.